The first-order valence-electron chi connectivity index (χ1n) is 8.97. The summed E-state index contributed by atoms with van der Waals surface area (Å²) in [5, 5.41) is 1.37. The first-order chi connectivity index (χ1) is 14.2. The molecule has 0 unspecified atom stereocenters. The van der Waals surface area contributed by atoms with Gasteiger partial charge in [0.15, 0.2) is 4.32 Å². The minimum atomic E-state index is -0.504. The fourth-order valence-electron chi connectivity index (χ4n) is 2.64. The maximum Gasteiger partial charge on any atom is 0.285 e. The summed E-state index contributed by atoms with van der Waals surface area (Å²) in [7, 11) is 0. The smallest absolute Gasteiger partial charge is 0.285 e. The molecule has 1 fully saturated rings. The minimum absolute atomic E-state index is 0.0500. The summed E-state index contributed by atoms with van der Waals surface area (Å²) in [5.41, 5.74) is 4.54. The van der Waals surface area contributed by atoms with E-state index in [1.165, 1.54) is 0 Å². The molecule has 3 rings (SSSR count). The maximum atomic E-state index is 12.8. The molecule has 0 aromatic heterocycles. The van der Waals surface area contributed by atoms with Crippen molar-refractivity contribution in [3.8, 4) is 5.75 Å². The van der Waals surface area contributed by atoms with Gasteiger partial charge in [0, 0.05) is 0 Å². The number of ether oxygens (including phenoxy) is 1. The first kappa shape index (κ1) is 22.8. The first-order valence-corrected chi connectivity index (χ1v) is 11.4. The Kier molecular flexibility index (Phi) is 7.23. The van der Waals surface area contributed by atoms with E-state index in [0.29, 0.717) is 9.93 Å². The van der Waals surface area contributed by atoms with Crippen LogP contribution in [0.15, 0.2) is 45.8 Å². The lowest BCUT2D eigenvalue weighted by Gasteiger charge is -2.16. The Bertz CT molecular complexity index is 1070. The van der Waals surface area contributed by atoms with Gasteiger partial charge in [-0.05, 0) is 90.4 Å². The Balaban J connectivity index is 1.77. The van der Waals surface area contributed by atoms with Crippen LogP contribution in [0.25, 0.3) is 6.08 Å². The lowest BCUT2D eigenvalue weighted by atomic mass is 10.1. The number of hydrogen-bond acceptors (Lipinski definition) is 5. The van der Waals surface area contributed by atoms with Crippen molar-refractivity contribution < 1.29 is 14.3 Å². The van der Waals surface area contributed by atoms with E-state index in [1.807, 2.05) is 39.0 Å². The Morgan fingerprint density at radius 1 is 1.30 bits per heavy atom. The summed E-state index contributed by atoms with van der Waals surface area (Å²) >= 11 is 16.0. The van der Waals surface area contributed by atoms with Crippen LogP contribution < -0.4 is 10.2 Å². The Labute approximate surface area is 197 Å². The predicted molar refractivity (Wildman–Crippen MR) is 129 cm³/mol. The molecule has 0 aliphatic carbocycles. The summed E-state index contributed by atoms with van der Waals surface area (Å²) in [5.74, 6) is -0.187. The summed E-state index contributed by atoms with van der Waals surface area (Å²) < 4.78 is 6.72. The number of carbonyl (C=O) groups is 2. The molecular weight excluding hydrogens is 508 g/mol. The highest BCUT2D eigenvalue weighted by Gasteiger charge is 2.34. The molecule has 1 aliphatic rings. The van der Waals surface area contributed by atoms with Crippen LogP contribution in [0.3, 0.4) is 0 Å². The molecule has 2 amide bonds. The molecule has 0 spiro atoms. The van der Waals surface area contributed by atoms with Gasteiger partial charge in [0.2, 0.25) is 0 Å². The van der Waals surface area contributed by atoms with Crippen molar-refractivity contribution in [2.45, 2.75) is 26.9 Å². The number of aryl methyl sites for hydroxylation is 1. The number of hydrazine groups is 1. The largest absolute Gasteiger partial charge is 0.490 e. The standard InChI is InChI=1S/C21H18BrClN2O3S2/c1-11(2)28-17-7-5-13(9-15(17)22)10-18-20(27)25(21(29)30-18)24-19(26)14-6-4-12(3)8-16(14)23/h4-11H,1-3H3,(H,24,26)/b18-10-. The van der Waals surface area contributed by atoms with Crippen LogP contribution in [0.4, 0.5) is 0 Å². The van der Waals surface area contributed by atoms with E-state index >= 15 is 0 Å². The van der Waals surface area contributed by atoms with Gasteiger partial charge in [0.25, 0.3) is 11.8 Å². The topological polar surface area (TPSA) is 58.6 Å². The average Bonchev–Trinajstić information content (AvgIpc) is 2.91. The summed E-state index contributed by atoms with van der Waals surface area (Å²) in [6.45, 7) is 5.77. The molecule has 0 bridgehead atoms. The van der Waals surface area contributed by atoms with Gasteiger partial charge >= 0.3 is 0 Å². The number of thiocarbonyl (C=S) groups is 1. The third-order valence-corrected chi connectivity index (χ3v) is 6.23. The van der Waals surface area contributed by atoms with Gasteiger partial charge in [-0.3, -0.25) is 15.0 Å². The van der Waals surface area contributed by atoms with Crippen molar-refractivity contribution in [1.29, 1.82) is 0 Å². The van der Waals surface area contributed by atoms with E-state index in [4.69, 9.17) is 28.6 Å². The molecular formula is C21H18BrClN2O3S2. The molecule has 9 heteroatoms. The molecule has 30 heavy (non-hydrogen) atoms. The van der Waals surface area contributed by atoms with Crippen molar-refractivity contribution >= 4 is 73.7 Å². The predicted octanol–water partition coefficient (Wildman–Crippen LogP) is 5.74. The zero-order valence-corrected chi connectivity index (χ0v) is 20.3. The van der Waals surface area contributed by atoms with Gasteiger partial charge in [-0.2, -0.15) is 5.01 Å². The van der Waals surface area contributed by atoms with Crippen LogP contribution in [0.2, 0.25) is 5.02 Å². The average molecular weight is 526 g/mol. The van der Waals surface area contributed by atoms with Crippen LogP contribution in [-0.2, 0) is 4.79 Å². The number of thioether (sulfide) groups is 1. The molecule has 0 radical (unpaired) electrons. The van der Waals surface area contributed by atoms with E-state index in [9.17, 15) is 9.59 Å². The number of nitrogens with one attached hydrogen (secondary N) is 1. The van der Waals surface area contributed by atoms with Gasteiger partial charge in [-0.25, -0.2) is 0 Å². The summed E-state index contributed by atoms with van der Waals surface area (Å²) in [6.07, 6.45) is 1.77. The molecule has 0 atom stereocenters. The van der Waals surface area contributed by atoms with Gasteiger partial charge < -0.3 is 4.74 Å². The van der Waals surface area contributed by atoms with E-state index in [2.05, 4.69) is 21.4 Å². The normalized spacial score (nSPS) is 15.3. The van der Waals surface area contributed by atoms with Crippen molar-refractivity contribution in [2.24, 2.45) is 0 Å². The highest BCUT2D eigenvalue weighted by Crippen LogP contribution is 2.33. The highest BCUT2D eigenvalue weighted by atomic mass is 79.9. The minimum Gasteiger partial charge on any atom is -0.490 e. The number of amides is 2. The van der Waals surface area contributed by atoms with E-state index < -0.39 is 11.8 Å². The van der Waals surface area contributed by atoms with Crippen LogP contribution >= 0.6 is 51.5 Å². The SMILES string of the molecule is Cc1ccc(C(=O)NN2C(=O)/C(=C/c3ccc(OC(C)C)c(Br)c3)SC2=S)c(Cl)c1. The number of rotatable bonds is 5. The zero-order valence-electron chi connectivity index (χ0n) is 16.4. The maximum absolute atomic E-state index is 12.8. The number of hydrogen-bond donors (Lipinski definition) is 1. The molecule has 5 nitrogen and oxygen atoms in total. The fourth-order valence-corrected chi connectivity index (χ4v) is 4.63. The van der Waals surface area contributed by atoms with Gasteiger partial charge in [-0.1, -0.05) is 35.5 Å². The quantitative estimate of drug-likeness (QED) is 0.398. The van der Waals surface area contributed by atoms with Crippen molar-refractivity contribution in [3.63, 3.8) is 0 Å². The second-order valence-corrected chi connectivity index (χ2v) is 9.74. The lowest BCUT2D eigenvalue weighted by molar-refractivity contribution is -0.123. The molecule has 1 heterocycles. The second-order valence-electron chi connectivity index (χ2n) is 6.80. The lowest BCUT2D eigenvalue weighted by Crippen LogP contribution is -2.44. The highest BCUT2D eigenvalue weighted by molar-refractivity contribution is 9.10. The van der Waals surface area contributed by atoms with E-state index in [1.54, 1.807) is 24.3 Å². The monoisotopic (exact) mass is 524 g/mol. The van der Waals surface area contributed by atoms with Crippen molar-refractivity contribution in [3.05, 3.63) is 67.5 Å². The number of benzene rings is 2. The molecule has 1 N–H and O–H groups in total. The van der Waals surface area contributed by atoms with Crippen LogP contribution in [-0.4, -0.2) is 27.2 Å². The van der Waals surface area contributed by atoms with Crippen LogP contribution in [0.5, 0.6) is 5.75 Å². The molecule has 2 aromatic carbocycles. The third-order valence-electron chi connectivity index (χ3n) is 3.99. The van der Waals surface area contributed by atoms with Crippen molar-refractivity contribution in [1.82, 2.24) is 10.4 Å². The van der Waals surface area contributed by atoms with Crippen molar-refractivity contribution in [2.75, 3.05) is 0 Å². The van der Waals surface area contributed by atoms with E-state index in [0.717, 1.165) is 38.1 Å². The molecule has 1 aliphatic heterocycles. The fraction of sp³-hybridized carbons (Fsp3) is 0.190. The molecule has 0 saturated carbocycles. The number of nitrogens with zero attached hydrogens (tertiary/aromatic N) is 1. The third kappa shape index (κ3) is 5.24. The van der Waals surface area contributed by atoms with Crippen LogP contribution in [0.1, 0.15) is 35.3 Å². The molecule has 156 valence electrons. The number of carbonyl (C=O) groups excluding carboxylic acids is 2. The molecule has 2 aromatic rings. The van der Waals surface area contributed by atoms with Gasteiger partial charge in [0.05, 0.1) is 26.1 Å². The molecule has 1 saturated heterocycles. The van der Waals surface area contributed by atoms with Gasteiger partial charge in [-0.15, -0.1) is 0 Å². The Hall–Kier alpha value is -1.87. The number of halogens is 2. The Morgan fingerprint density at radius 2 is 2.03 bits per heavy atom. The zero-order chi connectivity index (χ0) is 22.0. The van der Waals surface area contributed by atoms with E-state index in [-0.39, 0.29) is 16.0 Å². The second kappa shape index (κ2) is 9.51. The van der Waals surface area contributed by atoms with Crippen LogP contribution in [0, 0.1) is 6.92 Å². The Morgan fingerprint density at radius 3 is 2.67 bits per heavy atom. The van der Waals surface area contributed by atoms with Gasteiger partial charge in [0.1, 0.15) is 5.75 Å². The summed E-state index contributed by atoms with van der Waals surface area (Å²) in [4.78, 5) is 25.8. The summed E-state index contributed by atoms with van der Waals surface area (Å²) in [6, 6.07) is 10.6.